The minimum absolute atomic E-state index is 0.00872. The average molecular weight is 436 g/mol. The molecule has 172 valence electrons. The topological polar surface area (TPSA) is 48.9 Å². The van der Waals surface area contributed by atoms with Crippen LogP contribution in [0.4, 0.5) is 0 Å². The highest BCUT2D eigenvalue weighted by Crippen LogP contribution is 2.69. The first kappa shape index (κ1) is 19.7. The third kappa shape index (κ3) is 2.00. The monoisotopic (exact) mass is 435 g/mol. The normalized spacial score (nSPS) is 45.2. The number of aromatic nitrogens is 3. The second kappa shape index (κ2) is 6.01. The Morgan fingerprint density at radius 1 is 0.969 bits per heavy atom. The fourth-order valence-corrected chi connectivity index (χ4v) is 9.25. The summed E-state index contributed by atoms with van der Waals surface area (Å²) >= 11 is 0. The highest BCUT2D eigenvalue weighted by atomic mass is 16.2. The van der Waals surface area contributed by atoms with Gasteiger partial charge in [-0.25, -0.2) is 23.5 Å². The lowest BCUT2D eigenvalue weighted by Crippen LogP contribution is -2.62. The van der Waals surface area contributed by atoms with Crippen LogP contribution in [0.3, 0.4) is 0 Å². The van der Waals surface area contributed by atoms with E-state index in [9.17, 15) is 9.59 Å². The second-order valence-electron chi connectivity index (χ2n) is 12.6. The largest absolute Gasteiger partial charge is 0.348 e. The van der Waals surface area contributed by atoms with Gasteiger partial charge < -0.3 is 0 Å². The standard InChI is InChI=1S/C27H37N3O2/c1-25(2)18-10-13-26(25,3)21(16-18)28-23(31)29-20-11-14-27(30(29)24(28)32)12-8-6-4-5-7-9-17-15-19(20)22(17)27/h11,14-15,18-22H,4-10,12-13,16H2,1-3H3. The Morgan fingerprint density at radius 3 is 2.50 bits per heavy atom. The lowest BCUT2D eigenvalue weighted by molar-refractivity contribution is 0.0306. The third-order valence-electron chi connectivity index (χ3n) is 11.5. The van der Waals surface area contributed by atoms with Crippen molar-refractivity contribution in [1.29, 1.82) is 0 Å². The Bertz CT molecular complexity index is 1180. The van der Waals surface area contributed by atoms with Crippen molar-refractivity contribution in [2.24, 2.45) is 28.6 Å². The van der Waals surface area contributed by atoms with Crippen LogP contribution in [0.15, 0.2) is 33.4 Å². The van der Waals surface area contributed by atoms with Gasteiger partial charge in [0.15, 0.2) is 0 Å². The molecule has 7 aliphatic rings. The lowest BCUT2D eigenvalue weighted by atomic mass is 9.55. The molecule has 5 heteroatoms. The molecule has 1 aromatic heterocycles. The molecule has 0 aromatic carbocycles. The number of allylic oxidation sites excluding steroid dienone is 4. The van der Waals surface area contributed by atoms with Crippen molar-refractivity contribution in [2.75, 3.05) is 0 Å². The molecular weight excluding hydrogens is 398 g/mol. The highest BCUT2D eigenvalue weighted by molar-refractivity contribution is 5.38. The zero-order chi connectivity index (χ0) is 22.0. The van der Waals surface area contributed by atoms with E-state index >= 15 is 0 Å². The van der Waals surface area contributed by atoms with Crippen molar-refractivity contribution >= 4 is 0 Å². The van der Waals surface area contributed by atoms with Crippen LogP contribution in [0.1, 0.15) is 97.1 Å². The molecule has 2 aliphatic heterocycles. The first-order valence-electron chi connectivity index (χ1n) is 13.2. The number of nitrogens with zero attached hydrogens (tertiary/aromatic N) is 3. The minimum Gasteiger partial charge on any atom is -0.246 e. The summed E-state index contributed by atoms with van der Waals surface area (Å²) < 4.78 is 5.59. The quantitative estimate of drug-likeness (QED) is 0.587. The molecule has 3 saturated carbocycles. The average Bonchev–Trinajstić information content (AvgIpc) is 3.22. The van der Waals surface area contributed by atoms with Gasteiger partial charge in [-0.3, -0.25) is 0 Å². The molecule has 0 amide bonds. The van der Waals surface area contributed by atoms with Crippen molar-refractivity contribution in [3.63, 3.8) is 0 Å². The molecule has 3 heterocycles. The van der Waals surface area contributed by atoms with Gasteiger partial charge in [-0.05, 0) is 55.3 Å². The predicted molar refractivity (Wildman–Crippen MR) is 125 cm³/mol. The zero-order valence-corrected chi connectivity index (χ0v) is 19.8. The minimum atomic E-state index is -0.337. The van der Waals surface area contributed by atoms with Crippen LogP contribution in [0.5, 0.6) is 0 Å². The number of fused-ring (bicyclic) bond motifs is 2. The smallest absolute Gasteiger partial charge is 0.246 e. The maximum atomic E-state index is 14.2. The summed E-state index contributed by atoms with van der Waals surface area (Å²) in [4.78, 5) is 28.2. The third-order valence-corrected chi connectivity index (χ3v) is 11.5. The summed E-state index contributed by atoms with van der Waals surface area (Å²) in [5.41, 5.74) is 1.34. The molecule has 4 bridgehead atoms. The van der Waals surface area contributed by atoms with Crippen molar-refractivity contribution in [3.05, 3.63) is 44.8 Å². The van der Waals surface area contributed by atoms with Gasteiger partial charge in [0.2, 0.25) is 0 Å². The van der Waals surface area contributed by atoms with E-state index in [0.29, 0.717) is 17.8 Å². The highest BCUT2D eigenvalue weighted by Gasteiger charge is 2.64. The van der Waals surface area contributed by atoms with Crippen LogP contribution in [-0.2, 0) is 5.54 Å². The van der Waals surface area contributed by atoms with E-state index in [0.717, 1.165) is 25.7 Å². The molecule has 0 N–H and O–H groups in total. The summed E-state index contributed by atoms with van der Waals surface area (Å²) in [5, 5.41) is 0. The molecule has 0 saturated heterocycles. The van der Waals surface area contributed by atoms with Gasteiger partial charge in [0.1, 0.15) is 0 Å². The van der Waals surface area contributed by atoms with Crippen molar-refractivity contribution < 1.29 is 0 Å². The summed E-state index contributed by atoms with van der Waals surface area (Å²) in [6.45, 7) is 7.08. The van der Waals surface area contributed by atoms with Gasteiger partial charge in [0, 0.05) is 17.9 Å². The summed E-state index contributed by atoms with van der Waals surface area (Å²) in [7, 11) is 0. The van der Waals surface area contributed by atoms with Crippen LogP contribution in [0.2, 0.25) is 0 Å². The molecule has 5 nitrogen and oxygen atoms in total. The van der Waals surface area contributed by atoms with Crippen molar-refractivity contribution in [3.8, 4) is 0 Å². The van der Waals surface area contributed by atoms with Gasteiger partial charge >= 0.3 is 11.4 Å². The molecule has 7 atom stereocenters. The molecule has 1 spiro atoms. The van der Waals surface area contributed by atoms with Gasteiger partial charge in [0.25, 0.3) is 0 Å². The van der Waals surface area contributed by atoms with Crippen LogP contribution in [0, 0.1) is 28.6 Å². The molecule has 7 unspecified atom stereocenters. The molecule has 3 fully saturated rings. The number of rotatable bonds is 1. The van der Waals surface area contributed by atoms with Crippen LogP contribution < -0.4 is 11.4 Å². The maximum Gasteiger partial charge on any atom is 0.348 e. The summed E-state index contributed by atoms with van der Waals surface area (Å²) in [6, 6.07) is 0.0386. The van der Waals surface area contributed by atoms with E-state index in [4.69, 9.17) is 0 Å². The molecule has 1 aromatic rings. The molecule has 32 heavy (non-hydrogen) atoms. The molecular formula is C27H37N3O2. The predicted octanol–water partition coefficient (Wildman–Crippen LogP) is 4.94. The van der Waals surface area contributed by atoms with Crippen LogP contribution in [-0.4, -0.2) is 13.9 Å². The van der Waals surface area contributed by atoms with Gasteiger partial charge in [-0.2, -0.15) is 0 Å². The zero-order valence-electron chi connectivity index (χ0n) is 19.8. The Labute approximate surface area is 190 Å². The van der Waals surface area contributed by atoms with Gasteiger partial charge in [-0.15, -0.1) is 0 Å². The van der Waals surface area contributed by atoms with E-state index in [1.165, 1.54) is 38.5 Å². The van der Waals surface area contributed by atoms with Crippen LogP contribution >= 0.6 is 0 Å². The fraction of sp³-hybridized carbons (Fsp3) is 0.778. The number of hydrogen-bond acceptors (Lipinski definition) is 2. The van der Waals surface area contributed by atoms with Crippen LogP contribution in [0.25, 0.3) is 0 Å². The summed E-state index contributed by atoms with van der Waals surface area (Å²) in [6.07, 6.45) is 18.8. The van der Waals surface area contributed by atoms with E-state index in [1.807, 2.05) is 9.36 Å². The van der Waals surface area contributed by atoms with Gasteiger partial charge in [0.05, 0.1) is 11.6 Å². The molecule has 8 rings (SSSR count). The molecule has 0 radical (unpaired) electrons. The van der Waals surface area contributed by atoms with E-state index in [1.54, 1.807) is 10.1 Å². The van der Waals surface area contributed by atoms with Gasteiger partial charge in [-0.1, -0.05) is 70.3 Å². The lowest BCUT2D eigenvalue weighted by Gasteiger charge is -2.58. The fourth-order valence-electron chi connectivity index (χ4n) is 9.25. The van der Waals surface area contributed by atoms with E-state index in [-0.39, 0.29) is 39.8 Å². The van der Waals surface area contributed by atoms with E-state index in [2.05, 4.69) is 39.0 Å². The first-order valence-corrected chi connectivity index (χ1v) is 13.2. The van der Waals surface area contributed by atoms with E-state index < -0.39 is 0 Å². The number of hydrogen-bond donors (Lipinski definition) is 0. The van der Waals surface area contributed by atoms with Crippen molar-refractivity contribution in [1.82, 2.24) is 13.9 Å². The molecule has 5 aliphatic carbocycles. The summed E-state index contributed by atoms with van der Waals surface area (Å²) in [5.74, 6) is 1.40. The maximum absolute atomic E-state index is 14.2. The Morgan fingerprint density at radius 2 is 1.75 bits per heavy atom. The Hall–Kier alpha value is -1.78. The Balaban J connectivity index is 1.42. The first-order chi connectivity index (χ1) is 15.3. The Kier molecular flexibility index (Phi) is 3.69. The SMILES string of the molecule is CC1(C)C2CCC1(C)C(n1c(=O)n3n(c1=O)C14C=CC3C3C=C(CCCCCCC1)C34)C2. The van der Waals surface area contributed by atoms with Crippen molar-refractivity contribution in [2.45, 2.75) is 103 Å². The second-order valence-corrected chi connectivity index (χ2v) is 12.6.